The highest BCUT2D eigenvalue weighted by molar-refractivity contribution is 6.09. The molecule has 3 atom stereocenters. The zero-order valence-corrected chi connectivity index (χ0v) is 14.7. The number of hydrogen-bond donors (Lipinski definition) is 2. The Morgan fingerprint density at radius 1 is 1.14 bits per heavy atom. The molecule has 3 unspecified atom stereocenters. The Balaban J connectivity index is 1.63. The van der Waals surface area contributed by atoms with Crippen LogP contribution in [0.3, 0.4) is 0 Å². The zero-order valence-electron chi connectivity index (χ0n) is 14.7. The molecule has 5 nitrogen and oxygen atoms in total. The molecule has 2 amide bonds. The lowest BCUT2D eigenvalue weighted by atomic mass is 9.42. The summed E-state index contributed by atoms with van der Waals surface area (Å²) in [5.74, 6) is -6.52. The summed E-state index contributed by atoms with van der Waals surface area (Å²) in [7, 11) is 0. The molecular formula is C17H19F6N3O2. The standard InChI is InChI=1S/C17H19F6N3O2/c18-11(17(21,22)23)16(19,20)15-4-8-1-9(5-15)3-14(2-8,7-15)12(28)26-13-24-6-10(27)25-13/h8-9,11H,1-7H2,(H2,24,25,26,27,28). The molecule has 4 bridgehead atoms. The first-order valence-electron chi connectivity index (χ1n) is 9.11. The number of alkyl halides is 6. The number of nitrogens with zero attached hydrogens (tertiary/aromatic N) is 1. The van der Waals surface area contributed by atoms with Crippen molar-refractivity contribution in [3.63, 3.8) is 0 Å². The minimum atomic E-state index is -5.68. The molecule has 0 radical (unpaired) electrons. The van der Waals surface area contributed by atoms with Gasteiger partial charge in [0, 0.05) is 5.41 Å². The molecule has 28 heavy (non-hydrogen) atoms. The molecule has 4 saturated carbocycles. The van der Waals surface area contributed by atoms with Crippen LogP contribution in [0.5, 0.6) is 0 Å². The Labute approximate surface area is 156 Å². The number of nitrogens with one attached hydrogen (secondary N) is 2. The number of carbonyl (C=O) groups excluding carboxylic acids is 2. The summed E-state index contributed by atoms with van der Waals surface area (Å²) in [4.78, 5) is 27.9. The number of amides is 2. The van der Waals surface area contributed by atoms with E-state index in [1.165, 1.54) is 0 Å². The monoisotopic (exact) mass is 411 g/mol. The maximum Gasteiger partial charge on any atom is 0.425 e. The fourth-order valence-electron chi connectivity index (χ4n) is 6.07. The van der Waals surface area contributed by atoms with Crippen LogP contribution in [0, 0.1) is 22.7 Å². The van der Waals surface area contributed by atoms with Crippen LogP contribution in [-0.4, -0.2) is 42.6 Å². The molecule has 0 aromatic heterocycles. The number of carbonyl (C=O) groups is 2. The van der Waals surface area contributed by atoms with Crippen LogP contribution in [0.25, 0.3) is 0 Å². The van der Waals surface area contributed by atoms with Crippen molar-refractivity contribution in [3.8, 4) is 0 Å². The van der Waals surface area contributed by atoms with Crippen molar-refractivity contribution in [1.29, 1.82) is 0 Å². The summed E-state index contributed by atoms with van der Waals surface area (Å²) >= 11 is 0. The molecule has 0 aromatic rings. The van der Waals surface area contributed by atoms with E-state index in [-0.39, 0.29) is 50.0 Å². The highest BCUT2D eigenvalue weighted by Crippen LogP contribution is 2.70. The van der Waals surface area contributed by atoms with Gasteiger partial charge in [0.05, 0.1) is 5.41 Å². The highest BCUT2D eigenvalue weighted by atomic mass is 19.4. The van der Waals surface area contributed by atoms with Crippen molar-refractivity contribution in [2.45, 2.75) is 56.8 Å². The van der Waals surface area contributed by atoms with Gasteiger partial charge in [-0.3, -0.25) is 20.2 Å². The molecule has 1 aliphatic heterocycles. The average Bonchev–Trinajstić information content (AvgIpc) is 2.96. The molecule has 5 aliphatic rings. The number of hydrogen-bond acceptors (Lipinski definition) is 3. The van der Waals surface area contributed by atoms with E-state index < -0.39 is 47.3 Å². The third-order valence-electron chi connectivity index (χ3n) is 6.73. The molecule has 4 aliphatic carbocycles. The van der Waals surface area contributed by atoms with Crippen molar-refractivity contribution < 1.29 is 35.9 Å². The van der Waals surface area contributed by atoms with E-state index >= 15 is 0 Å². The third kappa shape index (κ3) is 2.80. The van der Waals surface area contributed by atoms with E-state index in [1.807, 2.05) is 0 Å². The Morgan fingerprint density at radius 2 is 1.75 bits per heavy atom. The molecule has 0 aromatic carbocycles. The molecular weight excluding hydrogens is 392 g/mol. The fourth-order valence-corrected chi connectivity index (χ4v) is 6.07. The molecule has 4 fully saturated rings. The normalized spacial score (nSPS) is 38.2. The summed E-state index contributed by atoms with van der Waals surface area (Å²) in [6.45, 7) is -0.176. The van der Waals surface area contributed by atoms with E-state index in [0.717, 1.165) is 0 Å². The lowest BCUT2D eigenvalue weighted by molar-refractivity contribution is -0.305. The first-order valence-corrected chi connectivity index (χ1v) is 9.11. The second kappa shape index (κ2) is 5.85. The van der Waals surface area contributed by atoms with Gasteiger partial charge in [0.15, 0.2) is 0 Å². The Kier molecular flexibility index (Phi) is 4.08. The van der Waals surface area contributed by atoms with Crippen molar-refractivity contribution in [2.24, 2.45) is 27.7 Å². The van der Waals surface area contributed by atoms with Crippen LogP contribution >= 0.6 is 0 Å². The van der Waals surface area contributed by atoms with Crippen LogP contribution in [0.1, 0.15) is 38.5 Å². The third-order valence-corrected chi connectivity index (χ3v) is 6.73. The molecule has 11 heteroatoms. The fraction of sp³-hybridized carbons (Fsp3) is 0.824. The summed E-state index contributed by atoms with van der Waals surface area (Å²) < 4.78 is 81.9. The summed E-state index contributed by atoms with van der Waals surface area (Å²) in [6, 6.07) is 0. The number of rotatable bonds is 3. The van der Waals surface area contributed by atoms with Gasteiger partial charge >= 0.3 is 6.18 Å². The van der Waals surface area contributed by atoms with E-state index in [2.05, 4.69) is 15.6 Å². The van der Waals surface area contributed by atoms with Crippen molar-refractivity contribution in [1.82, 2.24) is 10.6 Å². The minimum Gasteiger partial charge on any atom is -0.296 e. The van der Waals surface area contributed by atoms with Crippen molar-refractivity contribution in [3.05, 3.63) is 0 Å². The molecule has 1 heterocycles. The van der Waals surface area contributed by atoms with Crippen LogP contribution in [-0.2, 0) is 9.59 Å². The van der Waals surface area contributed by atoms with Gasteiger partial charge < -0.3 is 0 Å². The molecule has 0 spiro atoms. The largest absolute Gasteiger partial charge is 0.425 e. The number of guanidine groups is 1. The topological polar surface area (TPSA) is 70.6 Å². The average molecular weight is 411 g/mol. The highest BCUT2D eigenvalue weighted by Gasteiger charge is 2.73. The van der Waals surface area contributed by atoms with Gasteiger partial charge in [-0.15, -0.1) is 0 Å². The summed E-state index contributed by atoms with van der Waals surface area (Å²) in [5.41, 5.74) is -3.52. The Bertz CT molecular complexity index is 736. The van der Waals surface area contributed by atoms with Crippen molar-refractivity contribution >= 4 is 17.8 Å². The van der Waals surface area contributed by atoms with Crippen molar-refractivity contribution in [2.75, 3.05) is 6.54 Å². The molecule has 0 saturated heterocycles. The quantitative estimate of drug-likeness (QED) is 0.702. The van der Waals surface area contributed by atoms with E-state index in [4.69, 9.17) is 0 Å². The molecule has 2 N–H and O–H groups in total. The lowest BCUT2D eigenvalue weighted by Crippen LogP contribution is -2.66. The number of halogens is 6. The Morgan fingerprint density at radius 3 is 2.25 bits per heavy atom. The predicted molar refractivity (Wildman–Crippen MR) is 84.0 cm³/mol. The van der Waals surface area contributed by atoms with Gasteiger partial charge in [-0.05, 0) is 50.4 Å². The van der Waals surface area contributed by atoms with Crippen LogP contribution in [0.2, 0.25) is 0 Å². The Hall–Kier alpha value is -1.81. The van der Waals surface area contributed by atoms with Gasteiger partial charge in [0.25, 0.3) is 12.1 Å². The van der Waals surface area contributed by atoms with Gasteiger partial charge in [-0.2, -0.15) is 13.2 Å². The first kappa shape index (κ1) is 19.5. The summed E-state index contributed by atoms with van der Waals surface area (Å²) in [6.07, 6.45) is -9.83. The van der Waals surface area contributed by atoms with Gasteiger partial charge in [-0.25, -0.2) is 18.2 Å². The minimum absolute atomic E-state index is 0.0924. The van der Waals surface area contributed by atoms with E-state index in [0.29, 0.717) is 6.42 Å². The van der Waals surface area contributed by atoms with Crippen LogP contribution < -0.4 is 10.6 Å². The first-order chi connectivity index (χ1) is 12.9. The zero-order chi connectivity index (χ0) is 20.5. The molecule has 156 valence electrons. The summed E-state index contributed by atoms with van der Waals surface area (Å²) in [5, 5.41) is 4.73. The second-order valence-electron chi connectivity index (χ2n) is 8.72. The number of aliphatic imine (C=N–C) groups is 1. The van der Waals surface area contributed by atoms with E-state index in [9.17, 15) is 35.9 Å². The van der Waals surface area contributed by atoms with Crippen LogP contribution in [0.15, 0.2) is 4.99 Å². The second-order valence-corrected chi connectivity index (χ2v) is 8.72. The van der Waals surface area contributed by atoms with Gasteiger partial charge in [0.2, 0.25) is 17.8 Å². The predicted octanol–water partition coefficient (Wildman–Crippen LogP) is 2.71. The van der Waals surface area contributed by atoms with E-state index in [1.54, 1.807) is 0 Å². The SMILES string of the molecule is O=C1CN=C(NC(=O)C23CC4CC(C2)CC(C(F)(F)C(F)C(F)(F)F)(C4)C3)N1. The molecule has 5 rings (SSSR count). The van der Waals surface area contributed by atoms with Gasteiger partial charge in [-0.1, -0.05) is 0 Å². The maximum atomic E-state index is 14.8. The smallest absolute Gasteiger partial charge is 0.296 e. The van der Waals surface area contributed by atoms with Crippen LogP contribution in [0.4, 0.5) is 26.3 Å². The lowest BCUT2D eigenvalue weighted by Gasteiger charge is -2.63. The van der Waals surface area contributed by atoms with Gasteiger partial charge in [0.1, 0.15) is 6.54 Å². The maximum absolute atomic E-state index is 14.8.